The highest BCUT2D eigenvalue weighted by atomic mass is 79.9. The van der Waals surface area contributed by atoms with Crippen molar-refractivity contribution in [3.05, 3.63) is 103 Å². The van der Waals surface area contributed by atoms with Gasteiger partial charge in [0.15, 0.2) is 5.78 Å². The normalized spacial score (nSPS) is 12.5. The van der Waals surface area contributed by atoms with Crippen LogP contribution in [0, 0.1) is 10.1 Å². The zero-order chi connectivity index (χ0) is 28.0. The first-order valence-corrected chi connectivity index (χ1v) is 14.1. The number of nitro benzene ring substituents is 1. The van der Waals surface area contributed by atoms with Gasteiger partial charge in [-0.25, -0.2) is 5.01 Å². The summed E-state index contributed by atoms with van der Waals surface area (Å²) in [5.41, 5.74) is -0.476. The van der Waals surface area contributed by atoms with Gasteiger partial charge in [0.05, 0.1) is 21.1 Å². The topological polar surface area (TPSA) is 118 Å². The lowest BCUT2D eigenvalue weighted by Gasteiger charge is -2.29. The number of imide groups is 1. The van der Waals surface area contributed by atoms with E-state index >= 15 is 0 Å². The zero-order valence-corrected chi connectivity index (χ0v) is 26.2. The van der Waals surface area contributed by atoms with Crippen molar-refractivity contribution >= 4 is 116 Å². The average molecular weight is 814 g/mol. The standard InChI is InChI=1S/C23H9Br4Cl2N3O6/c24-17-15-16(18(25)20(27)19(17)26)23(36)31(22(15)35)30(8-14(33)12-6-3-10(28)7-13(12)29)21(34)9-1-4-11(5-2-9)32(37)38/h1-7H,8H2. The third kappa shape index (κ3) is 5.07. The number of hydrogen-bond acceptors (Lipinski definition) is 6. The first kappa shape index (κ1) is 28.8. The molecule has 0 atom stereocenters. The number of Topliss-reactive ketones (excluding diaryl/α,β-unsaturated/α-hetero) is 1. The predicted octanol–water partition coefficient (Wildman–Crippen LogP) is 7.49. The number of carbonyl (C=O) groups excluding carboxylic acids is 4. The molecule has 1 aliphatic rings. The summed E-state index contributed by atoms with van der Waals surface area (Å²) in [7, 11) is 0. The van der Waals surface area contributed by atoms with E-state index in [2.05, 4.69) is 63.7 Å². The van der Waals surface area contributed by atoms with Gasteiger partial charge in [-0.2, -0.15) is 5.01 Å². The maximum absolute atomic E-state index is 13.6. The highest BCUT2D eigenvalue weighted by molar-refractivity contribution is 9.15. The van der Waals surface area contributed by atoms with Crippen molar-refractivity contribution in [1.29, 1.82) is 0 Å². The minimum Gasteiger partial charge on any atom is -0.292 e. The summed E-state index contributed by atoms with van der Waals surface area (Å²) >= 11 is 25.4. The van der Waals surface area contributed by atoms with Crippen molar-refractivity contribution in [2.45, 2.75) is 0 Å². The molecule has 9 nitrogen and oxygen atoms in total. The average Bonchev–Trinajstić information content (AvgIpc) is 3.14. The Morgan fingerprint density at radius 1 is 0.868 bits per heavy atom. The van der Waals surface area contributed by atoms with Crippen LogP contribution in [0.5, 0.6) is 0 Å². The van der Waals surface area contributed by atoms with E-state index in [1.807, 2.05) is 0 Å². The lowest BCUT2D eigenvalue weighted by Crippen LogP contribution is -2.51. The number of fused-ring (bicyclic) bond motifs is 1. The minimum atomic E-state index is -0.932. The number of hydrazine groups is 1. The largest absolute Gasteiger partial charge is 0.292 e. The summed E-state index contributed by atoms with van der Waals surface area (Å²) in [4.78, 5) is 64.4. The number of amides is 3. The fraction of sp³-hybridized carbons (Fsp3) is 0.0435. The van der Waals surface area contributed by atoms with Gasteiger partial charge in [-0.1, -0.05) is 23.2 Å². The number of rotatable bonds is 6. The van der Waals surface area contributed by atoms with Crippen LogP contribution in [0.1, 0.15) is 41.4 Å². The quantitative estimate of drug-likeness (QED) is 0.0636. The summed E-state index contributed by atoms with van der Waals surface area (Å²) in [5, 5.41) is 12.6. The van der Waals surface area contributed by atoms with Crippen LogP contribution >= 0.6 is 86.9 Å². The number of nitrogens with zero attached hydrogens (tertiary/aromatic N) is 3. The van der Waals surface area contributed by atoms with Crippen LogP contribution < -0.4 is 0 Å². The first-order chi connectivity index (χ1) is 17.8. The second-order valence-corrected chi connectivity index (χ2v) is 11.7. The van der Waals surface area contributed by atoms with Gasteiger partial charge in [0, 0.05) is 46.2 Å². The molecule has 0 bridgehead atoms. The Bertz CT molecular complexity index is 1540. The molecule has 4 rings (SSSR count). The second-order valence-electron chi connectivity index (χ2n) is 7.64. The highest BCUT2D eigenvalue weighted by Gasteiger charge is 2.46. The molecule has 3 amide bonds. The summed E-state index contributed by atoms with van der Waals surface area (Å²) in [6.07, 6.45) is 0. The predicted molar refractivity (Wildman–Crippen MR) is 153 cm³/mol. The number of non-ortho nitro benzene ring substituents is 1. The van der Waals surface area contributed by atoms with Crippen molar-refractivity contribution in [2.24, 2.45) is 0 Å². The van der Waals surface area contributed by atoms with E-state index in [4.69, 9.17) is 23.2 Å². The van der Waals surface area contributed by atoms with Crippen molar-refractivity contribution in [2.75, 3.05) is 6.54 Å². The van der Waals surface area contributed by atoms with E-state index in [-0.39, 0.29) is 46.9 Å². The Hall–Kier alpha value is -2.16. The summed E-state index contributed by atoms with van der Waals surface area (Å²) in [6, 6.07) is 8.61. The molecule has 0 N–H and O–H groups in total. The number of ketones is 1. The number of nitro groups is 1. The lowest BCUT2D eigenvalue weighted by atomic mass is 10.1. The van der Waals surface area contributed by atoms with E-state index in [1.165, 1.54) is 18.2 Å². The molecule has 1 aliphatic heterocycles. The van der Waals surface area contributed by atoms with Gasteiger partial charge in [0.2, 0.25) is 0 Å². The Balaban J connectivity index is 1.82. The molecule has 0 saturated heterocycles. The lowest BCUT2D eigenvalue weighted by molar-refractivity contribution is -0.384. The molecular weight excluding hydrogens is 805 g/mol. The summed E-state index contributed by atoms with van der Waals surface area (Å²) in [5.74, 6) is -3.38. The van der Waals surface area contributed by atoms with E-state index < -0.39 is 35.0 Å². The fourth-order valence-corrected chi connectivity index (χ4v) is 6.57. The van der Waals surface area contributed by atoms with Crippen molar-refractivity contribution < 1.29 is 24.1 Å². The van der Waals surface area contributed by atoms with Crippen LogP contribution in [-0.4, -0.2) is 45.0 Å². The Kier molecular flexibility index (Phi) is 8.46. The van der Waals surface area contributed by atoms with Crippen LogP contribution in [0.25, 0.3) is 0 Å². The maximum atomic E-state index is 13.6. The molecule has 0 unspecified atom stereocenters. The smallest absolute Gasteiger partial charge is 0.282 e. The molecule has 0 radical (unpaired) electrons. The Morgan fingerprint density at radius 3 is 1.87 bits per heavy atom. The first-order valence-electron chi connectivity index (χ1n) is 10.1. The molecule has 3 aromatic rings. The molecule has 0 saturated carbocycles. The fourth-order valence-electron chi connectivity index (χ4n) is 3.60. The highest BCUT2D eigenvalue weighted by Crippen LogP contribution is 2.45. The van der Waals surface area contributed by atoms with Gasteiger partial charge in [-0.3, -0.25) is 29.3 Å². The van der Waals surface area contributed by atoms with Crippen LogP contribution in [0.2, 0.25) is 10.0 Å². The van der Waals surface area contributed by atoms with Gasteiger partial charge in [0.25, 0.3) is 23.4 Å². The molecule has 0 spiro atoms. The molecule has 0 aromatic heterocycles. The molecule has 0 aliphatic carbocycles. The van der Waals surface area contributed by atoms with Gasteiger partial charge in [0.1, 0.15) is 6.54 Å². The van der Waals surface area contributed by atoms with E-state index in [9.17, 15) is 29.3 Å². The van der Waals surface area contributed by atoms with E-state index in [1.54, 1.807) is 0 Å². The number of hydrogen-bond donors (Lipinski definition) is 0. The summed E-state index contributed by atoms with van der Waals surface area (Å²) in [6.45, 7) is -0.764. The molecule has 1 heterocycles. The third-order valence-electron chi connectivity index (χ3n) is 5.41. The molecular formula is C23H9Br4Cl2N3O6. The van der Waals surface area contributed by atoms with Crippen LogP contribution in [0.4, 0.5) is 5.69 Å². The Morgan fingerprint density at radius 2 is 1.39 bits per heavy atom. The maximum Gasteiger partial charge on any atom is 0.282 e. The molecule has 3 aromatic carbocycles. The number of halogens is 6. The number of carbonyl (C=O) groups is 4. The van der Waals surface area contributed by atoms with Gasteiger partial charge in [-0.15, -0.1) is 0 Å². The van der Waals surface area contributed by atoms with Gasteiger partial charge in [-0.05, 0) is 94.1 Å². The van der Waals surface area contributed by atoms with Gasteiger partial charge < -0.3 is 0 Å². The Labute approximate surface area is 257 Å². The third-order valence-corrected chi connectivity index (χ3v) is 10.7. The van der Waals surface area contributed by atoms with Crippen molar-refractivity contribution in [3.63, 3.8) is 0 Å². The van der Waals surface area contributed by atoms with Crippen molar-refractivity contribution in [3.8, 4) is 0 Å². The summed E-state index contributed by atoms with van der Waals surface area (Å²) < 4.78 is 1.36. The SMILES string of the molecule is O=C(CN(C(=O)c1ccc([N+](=O)[O-])cc1)N1C(=O)c2c(Br)c(Br)c(Br)c(Br)c2C1=O)c1ccc(Cl)cc1Cl. The second kappa shape index (κ2) is 11.1. The van der Waals surface area contributed by atoms with E-state index in [0.29, 0.717) is 19.0 Å². The minimum absolute atomic E-state index is 0.00188. The van der Waals surface area contributed by atoms with Crippen molar-refractivity contribution in [1.82, 2.24) is 10.0 Å². The van der Waals surface area contributed by atoms with Gasteiger partial charge >= 0.3 is 0 Å². The van der Waals surface area contributed by atoms with Crippen LogP contribution in [0.15, 0.2) is 60.4 Å². The van der Waals surface area contributed by atoms with Crippen LogP contribution in [-0.2, 0) is 0 Å². The van der Waals surface area contributed by atoms with Crippen LogP contribution in [0.3, 0.4) is 0 Å². The number of benzene rings is 3. The molecule has 38 heavy (non-hydrogen) atoms. The molecule has 0 fully saturated rings. The molecule has 15 heteroatoms. The molecule has 194 valence electrons. The zero-order valence-electron chi connectivity index (χ0n) is 18.3. The monoisotopic (exact) mass is 809 g/mol. The van der Waals surface area contributed by atoms with E-state index in [0.717, 1.165) is 24.3 Å².